The molecule has 1 heteroatoms. The fourth-order valence-electron chi connectivity index (χ4n) is 2.60. The average molecular weight is 196 g/mol. The molecule has 0 aromatic rings. The standard InChI is InChI=1S/C13H24O/c1-4-13(2,3)12-7-5-11(6-8-12)9-10-14/h10-12H,4-9H2,1-3H3/t11-,12-. The van der Waals surface area contributed by atoms with E-state index < -0.39 is 0 Å². The smallest absolute Gasteiger partial charge is 0.120 e. The summed E-state index contributed by atoms with van der Waals surface area (Å²) < 4.78 is 0. The predicted molar refractivity (Wildman–Crippen MR) is 60.2 cm³/mol. The Kier molecular flexibility index (Phi) is 4.15. The van der Waals surface area contributed by atoms with E-state index in [1.807, 2.05) is 0 Å². The number of hydrogen-bond acceptors (Lipinski definition) is 1. The van der Waals surface area contributed by atoms with Crippen molar-refractivity contribution in [2.24, 2.45) is 17.3 Å². The van der Waals surface area contributed by atoms with Crippen molar-refractivity contribution in [2.45, 2.75) is 59.3 Å². The highest BCUT2D eigenvalue weighted by atomic mass is 16.1. The predicted octanol–water partition coefficient (Wildman–Crippen LogP) is 3.82. The molecule has 0 saturated heterocycles. The Hall–Kier alpha value is -0.330. The fourth-order valence-corrected chi connectivity index (χ4v) is 2.60. The van der Waals surface area contributed by atoms with Crippen molar-refractivity contribution < 1.29 is 4.79 Å². The van der Waals surface area contributed by atoms with Crippen LogP contribution in [0.3, 0.4) is 0 Å². The second-order valence-electron chi connectivity index (χ2n) is 5.46. The van der Waals surface area contributed by atoms with Crippen molar-refractivity contribution >= 4 is 6.29 Å². The molecule has 0 atom stereocenters. The number of aldehydes is 1. The van der Waals surface area contributed by atoms with Gasteiger partial charge < -0.3 is 4.79 Å². The third-order valence-corrected chi connectivity index (χ3v) is 4.29. The van der Waals surface area contributed by atoms with Gasteiger partial charge in [0.1, 0.15) is 6.29 Å². The van der Waals surface area contributed by atoms with Crippen LogP contribution in [0.2, 0.25) is 0 Å². The molecule has 0 bridgehead atoms. The van der Waals surface area contributed by atoms with Crippen LogP contribution < -0.4 is 0 Å². The van der Waals surface area contributed by atoms with E-state index >= 15 is 0 Å². The fraction of sp³-hybridized carbons (Fsp3) is 0.923. The van der Waals surface area contributed by atoms with E-state index in [-0.39, 0.29) is 0 Å². The van der Waals surface area contributed by atoms with E-state index in [1.165, 1.54) is 32.1 Å². The summed E-state index contributed by atoms with van der Waals surface area (Å²) in [7, 11) is 0. The second-order valence-corrected chi connectivity index (χ2v) is 5.46. The summed E-state index contributed by atoms with van der Waals surface area (Å²) in [5.41, 5.74) is 0.506. The van der Waals surface area contributed by atoms with Crippen molar-refractivity contribution in [1.29, 1.82) is 0 Å². The van der Waals surface area contributed by atoms with Gasteiger partial charge in [0.2, 0.25) is 0 Å². The van der Waals surface area contributed by atoms with Crippen molar-refractivity contribution in [3.63, 3.8) is 0 Å². The molecule has 14 heavy (non-hydrogen) atoms. The third-order valence-electron chi connectivity index (χ3n) is 4.29. The molecule has 0 heterocycles. The van der Waals surface area contributed by atoms with Gasteiger partial charge in [-0.3, -0.25) is 0 Å². The van der Waals surface area contributed by atoms with Crippen molar-refractivity contribution in [3.05, 3.63) is 0 Å². The topological polar surface area (TPSA) is 17.1 Å². The van der Waals surface area contributed by atoms with Gasteiger partial charge in [-0.15, -0.1) is 0 Å². The molecule has 1 fully saturated rings. The lowest BCUT2D eigenvalue weighted by Gasteiger charge is -2.38. The molecule has 0 spiro atoms. The van der Waals surface area contributed by atoms with E-state index in [0.29, 0.717) is 11.3 Å². The molecule has 1 aliphatic carbocycles. The van der Waals surface area contributed by atoms with Crippen LogP contribution >= 0.6 is 0 Å². The van der Waals surface area contributed by atoms with Crippen molar-refractivity contribution in [3.8, 4) is 0 Å². The number of hydrogen-bond donors (Lipinski definition) is 0. The first kappa shape index (κ1) is 11.7. The van der Waals surface area contributed by atoms with Crippen LogP contribution in [0.4, 0.5) is 0 Å². The zero-order chi connectivity index (χ0) is 10.6. The van der Waals surface area contributed by atoms with Crippen molar-refractivity contribution in [2.75, 3.05) is 0 Å². The summed E-state index contributed by atoms with van der Waals surface area (Å²) in [5, 5.41) is 0. The number of carbonyl (C=O) groups excluding carboxylic acids is 1. The summed E-state index contributed by atoms with van der Waals surface area (Å²) in [4.78, 5) is 10.4. The van der Waals surface area contributed by atoms with Crippen LogP contribution in [0.25, 0.3) is 0 Å². The molecule has 0 aromatic heterocycles. The van der Waals surface area contributed by atoms with Gasteiger partial charge in [-0.05, 0) is 42.9 Å². The monoisotopic (exact) mass is 196 g/mol. The van der Waals surface area contributed by atoms with Gasteiger partial charge in [0.25, 0.3) is 0 Å². The molecule has 0 unspecified atom stereocenters. The lowest BCUT2D eigenvalue weighted by molar-refractivity contribution is -0.108. The van der Waals surface area contributed by atoms with Crippen LogP contribution in [-0.4, -0.2) is 6.29 Å². The van der Waals surface area contributed by atoms with Gasteiger partial charge in [-0.1, -0.05) is 27.2 Å². The van der Waals surface area contributed by atoms with E-state index in [0.717, 1.165) is 18.6 Å². The van der Waals surface area contributed by atoms with Crippen LogP contribution in [0, 0.1) is 17.3 Å². The summed E-state index contributed by atoms with van der Waals surface area (Å²) in [6.45, 7) is 7.06. The second kappa shape index (κ2) is 4.95. The SMILES string of the molecule is CCC(C)(C)[C@H]1CC[C@H](CC=O)CC1. The Morgan fingerprint density at radius 2 is 1.79 bits per heavy atom. The lowest BCUT2D eigenvalue weighted by Crippen LogP contribution is -2.27. The first-order chi connectivity index (χ1) is 6.60. The Morgan fingerprint density at radius 1 is 1.21 bits per heavy atom. The summed E-state index contributed by atoms with van der Waals surface area (Å²) in [5.74, 6) is 1.58. The lowest BCUT2D eigenvalue weighted by atomic mass is 9.67. The average Bonchev–Trinajstić information content (AvgIpc) is 2.19. The van der Waals surface area contributed by atoms with Gasteiger partial charge in [0.15, 0.2) is 0 Å². The molecular weight excluding hydrogens is 172 g/mol. The maximum absolute atomic E-state index is 10.4. The molecule has 0 N–H and O–H groups in total. The van der Waals surface area contributed by atoms with E-state index in [2.05, 4.69) is 20.8 Å². The largest absolute Gasteiger partial charge is 0.303 e. The van der Waals surface area contributed by atoms with Crippen LogP contribution in [0.15, 0.2) is 0 Å². The minimum Gasteiger partial charge on any atom is -0.303 e. The molecule has 82 valence electrons. The molecule has 1 nitrogen and oxygen atoms in total. The van der Waals surface area contributed by atoms with Gasteiger partial charge in [0.05, 0.1) is 0 Å². The maximum atomic E-state index is 10.4. The Balaban J connectivity index is 2.38. The molecule has 1 aliphatic rings. The normalized spacial score (nSPS) is 28.8. The minimum atomic E-state index is 0.506. The Morgan fingerprint density at radius 3 is 2.21 bits per heavy atom. The third kappa shape index (κ3) is 2.83. The summed E-state index contributed by atoms with van der Waals surface area (Å²) in [6.07, 6.45) is 8.36. The molecule has 0 aliphatic heterocycles. The summed E-state index contributed by atoms with van der Waals surface area (Å²) >= 11 is 0. The maximum Gasteiger partial charge on any atom is 0.120 e. The molecule has 0 amide bonds. The number of carbonyl (C=O) groups is 1. The van der Waals surface area contributed by atoms with Crippen LogP contribution in [-0.2, 0) is 4.79 Å². The highest BCUT2D eigenvalue weighted by molar-refractivity contribution is 5.49. The van der Waals surface area contributed by atoms with Gasteiger partial charge in [-0.2, -0.15) is 0 Å². The zero-order valence-corrected chi connectivity index (χ0v) is 9.88. The zero-order valence-electron chi connectivity index (χ0n) is 9.88. The van der Waals surface area contributed by atoms with Crippen molar-refractivity contribution in [1.82, 2.24) is 0 Å². The minimum absolute atomic E-state index is 0.506. The molecule has 0 aromatic carbocycles. The highest BCUT2D eigenvalue weighted by Gasteiger charge is 2.31. The first-order valence-electron chi connectivity index (χ1n) is 6.03. The van der Waals surface area contributed by atoms with E-state index in [9.17, 15) is 4.79 Å². The highest BCUT2D eigenvalue weighted by Crippen LogP contribution is 2.42. The molecule has 1 saturated carbocycles. The van der Waals surface area contributed by atoms with Gasteiger partial charge in [0, 0.05) is 6.42 Å². The molecule has 0 radical (unpaired) electrons. The first-order valence-corrected chi connectivity index (χ1v) is 6.03. The van der Waals surface area contributed by atoms with Gasteiger partial charge >= 0.3 is 0 Å². The molecular formula is C13H24O. The van der Waals surface area contributed by atoms with Gasteiger partial charge in [-0.25, -0.2) is 0 Å². The Bertz CT molecular complexity index is 176. The van der Waals surface area contributed by atoms with E-state index in [1.54, 1.807) is 0 Å². The Labute approximate surface area is 88.3 Å². The summed E-state index contributed by atoms with van der Waals surface area (Å²) in [6, 6.07) is 0. The van der Waals surface area contributed by atoms with Crippen LogP contribution in [0.1, 0.15) is 59.3 Å². The number of rotatable bonds is 4. The molecule has 1 rings (SSSR count). The quantitative estimate of drug-likeness (QED) is 0.625. The van der Waals surface area contributed by atoms with E-state index in [4.69, 9.17) is 0 Å². The van der Waals surface area contributed by atoms with Crippen LogP contribution in [0.5, 0.6) is 0 Å².